The van der Waals surface area contributed by atoms with Gasteiger partial charge in [-0.05, 0) is 57.5 Å². The van der Waals surface area contributed by atoms with Gasteiger partial charge < -0.3 is 10.2 Å². The zero-order chi connectivity index (χ0) is 21.4. The molecule has 0 fully saturated rings. The molecule has 0 unspecified atom stereocenters. The maximum Gasteiger partial charge on any atom is 0.242 e. The van der Waals surface area contributed by atoms with Crippen LogP contribution in [0.2, 0.25) is 0 Å². The number of halogens is 1. The molecule has 2 rings (SSSR count). The van der Waals surface area contributed by atoms with E-state index in [1.165, 1.54) is 12.1 Å². The highest BCUT2D eigenvalue weighted by molar-refractivity contribution is 7.99. The first-order valence-electron chi connectivity index (χ1n) is 9.69. The average molecular weight is 417 g/mol. The summed E-state index contributed by atoms with van der Waals surface area (Å²) in [5.74, 6) is -0.0153. The second-order valence-corrected chi connectivity index (χ2v) is 9.14. The molecule has 0 aliphatic rings. The maximum atomic E-state index is 13.2. The fourth-order valence-electron chi connectivity index (χ4n) is 2.76. The summed E-state index contributed by atoms with van der Waals surface area (Å²) in [7, 11) is 0. The summed E-state index contributed by atoms with van der Waals surface area (Å²) in [6.07, 6.45) is 0.313. The van der Waals surface area contributed by atoms with E-state index in [-0.39, 0.29) is 29.7 Å². The lowest BCUT2D eigenvalue weighted by Gasteiger charge is -2.31. The van der Waals surface area contributed by atoms with Gasteiger partial charge in [-0.2, -0.15) is 0 Å². The van der Waals surface area contributed by atoms with Gasteiger partial charge in [-0.15, -0.1) is 11.8 Å². The predicted octanol–water partition coefficient (Wildman–Crippen LogP) is 4.64. The molecule has 2 aromatic carbocycles. The van der Waals surface area contributed by atoms with Gasteiger partial charge in [0.15, 0.2) is 0 Å². The van der Waals surface area contributed by atoms with Crippen molar-refractivity contribution in [1.82, 2.24) is 10.2 Å². The lowest BCUT2D eigenvalue weighted by atomic mass is 10.1. The molecule has 1 atom stereocenters. The molecular formula is C23H29FN2O2S. The number of amides is 2. The molecule has 0 aliphatic heterocycles. The van der Waals surface area contributed by atoms with Crippen molar-refractivity contribution in [3.8, 4) is 0 Å². The van der Waals surface area contributed by atoms with Gasteiger partial charge in [0.1, 0.15) is 11.9 Å². The fourth-order valence-corrected chi connectivity index (χ4v) is 3.62. The van der Waals surface area contributed by atoms with Crippen molar-refractivity contribution >= 4 is 23.6 Å². The van der Waals surface area contributed by atoms with Gasteiger partial charge in [0.25, 0.3) is 0 Å². The van der Waals surface area contributed by atoms with E-state index in [1.54, 1.807) is 35.7 Å². The quantitative estimate of drug-likeness (QED) is 0.638. The first kappa shape index (κ1) is 22.9. The zero-order valence-electron chi connectivity index (χ0n) is 17.4. The Hall–Kier alpha value is -2.34. The molecule has 156 valence electrons. The van der Waals surface area contributed by atoms with Crippen molar-refractivity contribution in [2.24, 2.45) is 0 Å². The van der Waals surface area contributed by atoms with Crippen molar-refractivity contribution in [3.05, 3.63) is 66.0 Å². The number of nitrogens with one attached hydrogen (secondary N) is 1. The van der Waals surface area contributed by atoms with Gasteiger partial charge in [-0.1, -0.05) is 30.3 Å². The molecule has 0 radical (unpaired) electrons. The molecule has 1 N–H and O–H groups in total. The Morgan fingerprint density at radius 3 is 2.28 bits per heavy atom. The highest BCUT2D eigenvalue weighted by Gasteiger charge is 2.28. The van der Waals surface area contributed by atoms with E-state index in [4.69, 9.17) is 0 Å². The summed E-state index contributed by atoms with van der Waals surface area (Å²) in [5.41, 5.74) is 0.393. The Morgan fingerprint density at radius 2 is 1.69 bits per heavy atom. The van der Waals surface area contributed by atoms with Gasteiger partial charge in [-0.25, -0.2) is 4.39 Å². The van der Waals surface area contributed by atoms with Crippen LogP contribution in [0.15, 0.2) is 59.5 Å². The number of hydrogen-bond acceptors (Lipinski definition) is 3. The van der Waals surface area contributed by atoms with Crippen molar-refractivity contribution in [2.45, 2.75) is 57.1 Å². The molecule has 29 heavy (non-hydrogen) atoms. The molecule has 0 aromatic heterocycles. The largest absolute Gasteiger partial charge is 0.350 e. The second kappa shape index (κ2) is 10.4. The Kier molecular flexibility index (Phi) is 8.26. The van der Waals surface area contributed by atoms with Crippen LogP contribution in [0.3, 0.4) is 0 Å². The zero-order valence-corrected chi connectivity index (χ0v) is 18.3. The van der Waals surface area contributed by atoms with Crippen LogP contribution >= 0.6 is 11.8 Å². The molecule has 0 heterocycles. The molecule has 0 spiro atoms. The number of carbonyl (C=O) groups excluding carboxylic acids is 2. The van der Waals surface area contributed by atoms with Crippen molar-refractivity contribution in [1.29, 1.82) is 0 Å². The Balaban J connectivity index is 2.08. The van der Waals surface area contributed by atoms with Crippen molar-refractivity contribution in [2.75, 3.05) is 5.75 Å². The van der Waals surface area contributed by atoms with E-state index in [2.05, 4.69) is 5.32 Å². The summed E-state index contributed by atoms with van der Waals surface area (Å²) in [6, 6.07) is 15.3. The van der Waals surface area contributed by atoms with Crippen LogP contribution in [0, 0.1) is 5.82 Å². The minimum absolute atomic E-state index is 0.102. The number of carbonyl (C=O) groups is 2. The van der Waals surface area contributed by atoms with Crippen LogP contribution in [-0.2, 0) is 16.1 Å². The molecule has 4 nitrogen and oxygen atoms in total. The highest BCUT2D eigenvalue weighted by Crippen LogP contribution is 2.19. The molecule has 0 saturated heterocycles. The van der Waals surface area contributed by atoms with Crippen LogP contribution < -0.4 is 5.32 Å². The summed E-state index contributed by atoms with van der Waals surface area (Å²) in [5, 5.41) is 2.93. The number of thioether (sulfide) groups is 1. The third kappa shape index (κ3) is 7.89. The minimum atomic E-state index is -0.631. The summed E-state index contributed by atoms with van der Waals surface area (Å²) in [6.45, 7) is 7.70. The van der Waals surface area contributed by atoms with E-state index in [0.717, 1.165) is 10.5 Å². The van der Waals surface area contributed by atoms with Gasteiger partial charge in [0.05, 0.1) is 0 Å². The van der Waals surface area contributed by atoms with E-state index in [9.17, 15) is 14.0 Å². The standard InChI is InChI=1S/C23H29FN2O2S/c1-17(22(28)25-23(2,3)4)26(16-18-10-12-19(24)13-11-18)21(27)14-15-29-20-8-6-5-7-9-20/h5-13,17H,14-16H2,1-4H3,(H,25,28)/t17-/m0/s1. The minimum Gasteiger partial charge on any atom is -0.350 e. The lowest BCUT2D eigenvalue weighted by Crippen LogP contribution is -2.52. The maximum absolute atomic E-state index is 13.2. The van der Waals surface area contributed by atoms with Crippen LogP contribution in [0.4, 0.5) is 4.39 Å². The van der Waals surface area contributed by atoms with Crippen LogP contribution in [0.1, 0.15) is 39.7 Å². The normalized spacial score (nSPS) is 12.3. The van der Waals surface area contributed by atoms with E-state index in [1.807, 2.05) is 51.1 Å². The van der Waals surface area contributed by atoms with Crippen LogP contribution in [0.5, 0.6) is 0 Å². The number of benzene rings is 2. The molecule has 6 heteroatoms. The van der Waals surface area contributed by atoms with Gasteiger partial charge in [0.2, 0.25) is 11.8 Å². The van der Waals surface area contributed by atoms with Crippen LogP contribution in [0.25, 0.3) is 0 Å². The van der Waals surface area contributed by atoms with E-state index >= 15 is 0 Å². The smallest absolute Gasteiger partial charge is 0.242 e. The highest BCUT2D eigenvalue weighted by atomic mass is 32.2. The SMILES string of the molecule is C[C@@H](C(=O)NC(C)(C)C)N(Cc1ccc(F)cc1)C(=O)CCSc1ccccc1. The topological polar surface area (TPSA) is 49.4 Å². The number of hydrogen-bond donors (Lipinski definition) is 1. The number of nitrogens with zero attached hydrogens (tertiary/aromatic N) is 1. The monoisotopic (exact) mass is 416 g/mol. The number of rotatable bonds is 8. The molecule has 2 aromatic rings. The van der Waals surface area contributed by atoms with Crippen molar-refractivity contribution in [3.63, 3.8) is 0 Å². The van der Waals surface area contributed by atoms with Gasteiger partial charge in [-0.3, -0.25) is 9.59 Å². The lowest BCUT2D eigenvalue weighted by molar-refractivity contribution is -0.140. The summed E-state index contributed by atoms with van der Waals surface area (Å²) < 4.78 is 13.2. The summed E-state index contributed by atoms with van der Waals surface area (Å²) >= 11 is 1.61. The molecule has 0 bridgehead atoms. The molecular weight excluding hydrogens is 387 g/mol. The first-order chi connectivity index (χ1) is 13.7. The van der Waals surface area contributed by atoms with E-state index < -0.39 is 6.04 Å². The predicted molar refractivity (Wildman–Crippen MR) is 116 cm³/mol. The Bertz CT molecular complexity index is 804. The van der Waals surface area contributed by atoms with Gasteiger partial charge >= 0.3 is 0 Å². The first-order valence-corrected chi connectivity index (χ1v) is 10.7. The van der Waals surface area contributed by atoms with E-state index in [0.29, 0.717) is 12.2 Å². The molecule has 2 amide bonds. The Morgan fingerprint density at radius 1 is 1.07 bits per heavy atom. The summed E-state index contributed by atoms with van der Waals surface area (Å²) in [4.78, 5) is 28.3. The van der Waals surface area contributed by atoms with Crippen LogP contribution in [-0.4, -0.2) is 34.0 Å². The van der Waals surface area contributed by atoms with Crippen molar-refractivity contribution < 1.29 is 14.0 Å². The average Bonchev–Trinajstić information content (AvgIpc) is 2.66. The molecule has 0 aliphatic carbocycles. The second-order valence-electron chi connectivity index (χ2n) is 7.97. The third-order valence-electron chi connectivity index (χ3n) is 4.26. The fraction of sp³-hybridized carbons (Fsp3) is 0.391. The molecule has 0 saturated carbocycles. The van der Waals surface area contributed by atoms with Gasteiger partial charge in [0, 0.05) is 29.2 Å². The third-order valence-corrected chi connectivity index (χ3v) is 5.27. The Labute approximate surface area is 176 Å².